The Hall–Kier alpha value is -7.30. The molecule has 4 heteroatoms. The first kappa shape index (κ1) is 34.7. The van der Waals surface area contributed by atoms with Crippen LogP contribution in [0.15, 0.2) is 179 Å². The lowest BCUT2D eigenvalue weighted by molar-refractivity contribution is 0.574. The van der Waals surface area contributed by atoms with Gasteiger partial charge in [-0.15, -0.1) is 0 Å². The molecule has 4 nitrogen and oxygen atoms in total. The molecule has 12 rings (SSSR count). The Morgan fingerprint density at radius 1 is 0.483 bits per heavy atom. The number of para-hydroxylation sites is 2. The van der Waals surface area contributed by atoms with Gasteiger partial charge in [-0.05, 0) is 99.5 Å². The van der Waals surface area contributed by atoms with E-state index in [0.717, 1.165) is 72.5 Å². The zero-order valence-corrected chi connectivity index (χ0v) is 33.6. The van der Waals surface area contributed by atoms with Crippen LogP contribution in [0.5, 0.6) is 0 Å². The first-order valence-electron chi connectivity index (χ1n) is 20.8. The topological polar surface area (TPSA) is 52.1 Å². The quantitative estimate of drug-likeness (QED) is 0.175. The zero-order valence-electron chi connectivity index (χ0n) is 33.6. The predicted molar refractivity (Wildman–Crippen MR) is 245 cm³/mol. The Morgan fingerprint density at radius 3 is 2.00 bits per heavy atom. The van der Waals surface area contributed by atoms with Gasteiger partial charge in [0.05, 0.1) is 11.4 Å². The van der Waals surface area contributed by atoms with Crippen molar-refractivity contribution in [2.24, 2.45) is 0 Å². The third-order valence-corrected chi connectivity index (χ3v) is 13.1. The van der Waals surface area contributed by atoms with E-state index in [1.165, 1.54) is 38.8 Å². The van der Waals surface area contributed by atoms with Crippen LogP contribution in [0, 0.1) is 0 Å². The SMILES string of the molecule is CC1c2c(oc3ccccc23)C=CC1c1cc(-c2ccc3oc4ccccc4c3c2)cc(-c2cc(-c3ccc4c(c3)C(C)(C)c3ccccc3-4)nc(-c3ccccc3)n2)c1. The van der Waals surface area contributed by atoms with E-state index in [1.807, 2.05) is 24.3 Å². The molecule has 7 aromatic carbocycles. The van der Waals surface area contributed by atoms with Gasteiger partial charge in [0.1, 0.15) is 22.5 Å². The second-order valence-electron chi connectivity index (χ2n) is 17.0. The number of aromatic nitrogens is 2. The zero-order chi connectivity index (χ0) is 40.1. The van der Waals surface area contributed by atoms with Crippen molar-refractivity contribution in [2.75, 3.05) is 0 Å². The van der Waals surface area contributed by atoms with E-state index < -0.39 is 0 Å². The van der Waals surface area contributed by atoms with E-state index in [1.54, 1.807) is 0 Å². The van der Waals surface area contributed by atoms with E-state index in [9.17, 15) is 0 Å². The Labute approximate surface area is 348 Å². The van der Waals surface area contributed by atoms with Gasteiger partial charge in [-0.25, -0.2) is 9.97 Å². The van der Waals surface area contributed by atoms with Crippen LogP contribution in [0.1, 0.15) is 60.6 Å². The molecule has 0 saturated carbocycles. The van der Waals surface area contributed by atoms with E-state index in [-0.39, 0.29) is 17.3 Å². The number of hydrogen-bond donors (Lipinski definition) is 0. The lowest BCUT2D eigenvalue weighted by Gasteiger charge is -2.26. The summed E-state index contributed by atoms with van der Waals surface area (Å²) in [5, 5.41) is 3.40. The molecule has 0 bridgehead atoms. The van der Waals surface area contributed by atoms with Crippen molar-refractivity contribution in [3.63, 3.8) is 0 Å². The Morgan fingerprint density at radius 2 is 1.15 bits per heavy atom. The molecule has 0 amide bonds. The van der Waals surface area contributed by atoms with Crippen LogP contribution in [0.4, 0.5) is 0 Å². The maximum atomic E-state index is 6.36. The van der Waals surface area contributed by atoms with Crippen LogP contribution in [0.25, 0.3) is 95.1 Å². The average molecular weight is 773 g/mol. The van der Waals surface area contributed by atoms with Gasteiger partial charge in [0.2, 0.25) is 0 Å². The van der Waals surface area contributed by atoms with Crippen LogP contribution >= 0.6 is 0 Å². The molecule has 0 spiro atoms. The van der Waals surface area contributed by atoms with E-state index >= 15 is 0 Å². The summed E-state index contributed by atoms with van der Waals surface area (Å²) < 4.78 is 12.6. The molecule has 2 atom stereocenters. The van der Waals surface area contributed by atoms with E-state index in [4.69, 9.17) is 18.8 Å². The summed E-state index contributed by atoms with van der Waals surface area (Å²) in [4.78, 5) is 10.7. The monoisotopic (exact) mass is 772 g/mol. The molecular formula is C56H40N2O2. The molecule has 0 N–H and O–H groups in total. The number of rotatable bonds is 5. The van der Waals surface area contributed by atoms with Gasteiger partial charge in [-0.3, -0.25) is 0 Å². The minimum absolute atomic E-state index is 0.103. The first-order chi connectivity index (χ1) is 29.4. The lowest BCUT2D eigenvalue weighted by Crippen LogP contribution is -2.14. The number of fused-ring (bicyclic) bond motifs is 9. The second kappa shape index (κ2) is 13.1. The molecule has 0 aliphatic heterocycles. The largest absolute Gasteiger partial charge is 0.456 e. The minimum Gasteiger partial charge on any atom is -0.456 e. The van der Waals surface area contributed by atoms with Gasteiger partial charge < -0.3 is 8.83 Å². The Bertz CT molecular complexity index is 3380. The van der Waals surface area contributed by atoms with Crippen molar-refractivity contribution in [3.05, 3.63) is 198 Å². The highest BCUT2D eigenvalue weighted by atomic mass is 16.3. The molecule has 2 aliphatic rings. The predicted octanol–water partition coefficient (Wildman–Crippen LogP) is 15.0. The summed E-state index contributed by atoms with van der Waals surface area (Å²) in [6.45, 7) is 6.98. The minimum atomic E-state index is -0.130. The maximum Gasteiger partial charge on any atom is 0.160 e. The molecule has 2 unspecified atom stereocenters. The normalized spacial score (nSPS) is 16.3. The third-order valence-electron chi connectivity index (χ3n) is 13.1. The van der Waals surface area contributed by atoms with Crippen molar-refractivity contribution < 1.29 is 8.83 Å². The number of furan rings is 2. The summed E-state index contributed by atoms with van der Waals surface area (Å²) in [5.74, 6) is 1.93. The van der Waals surface area contributed by atoms with Crippen molar-refractivity contribution in [1.82, 2.24) is 9.97 Å². The molecule has 286 valence electrons. The van der Waals surface area contributed by atoms with E-state index in [0.29, 0.717) is 5.82 Å². The summed E-state index contributed by atoms with van der Waals surface area (Å²) in [6.07, 6.45) is 4.48. The first-order valence-corrected chi connectivity index (χ1v) is 20.8. The fourth-order valence-electron chi connectivity index (χ4n) is 10.0. The number of nitrogens with zero attached hydrogens (tertiary/aromatic N) is 2. The summed E-state index contributed by atoms with van der Waals surface area (Å²) in [5.41, 5.74) is 17.4. The third kappa shape index (κ3) is 5.37. The van der Waals surface area contributed by atoms with Gasteiger partial charge in [-0.1, -0.05) is 142 Å². The Balaban J connectivity index is 1.06. The molecule has 2 aliphatic carbocycles. The Kier molecular flexibility index (Phi) is 7.58. The molecule has 0 saturated heterocycles. The molecule has 0 radical (unpaired) electrons. The molecule has 60 heavy (non-hydrogen) atoms. The molecule has 0 fully saturated rings. The second-order valence-corrected chi connectivity index (χ2v) is 17.0. The highest BCUT2D eigenvalue weighted by Gasteiger charge is 2.35. The highest BCUT2D eigenvalue weighted by Crippen LogP contribution is 2.50. The summed E-state index contributed by atoms with van der Waals surface area (Å²) in [6, 6.07) is 58.4. The van der Waals surface area contributed by atoms with Crippen molar-refractivity contribution in [3.8, 4) is 56.2 Å². The number of allylic oxidation sites excluding steroid dienone is 1. The summed E-state index contributed by atoms with van der Waals surface area (Å²) >= 11 is 0. The summed E-state index contributed by atoms with van der Waals surface area (Å²) in [7, 11) is 0. The highest BCUT2D eigenvalue weighted by molar-refractivity contribution is 6.06. The van der Waals surface area contributed by atoms with Gasteiger partial charge in [0.25, 0.3) is 0 Å². The number of benzene rings is 7. The standard InChI is InChI=1S/C56H40N2O2/c1-33-40(24-26-53-54(33)44-17-9-12-20-51(44)60-53)38-27-37(35-22-25-52-45(30-35)43-16-8-11-19-50(43)59-52)28-39(29-38)49-32-48(57-55(58-49)34-13-5-4-6-14-34)36-21-23-42-41-15-7-10-18-46(41)56(2,3)47(42)31-36/h4-33,40H,1-3H3. The lowest BCUT2D eigenvalue weighted by atomic mass is 9.77. The fourth-order valence-corrected chi connectivity index (χ4v) is 10.0. The average Bonchev–Trinajstić information content (AvgIpc) is 3.94. The van der Waals surface area contributed by atoms with Crippen molar-refractivity contribution >= 4 is 39.0 Å². The van der Waals surface area contributed by atoms with Gasteiger partial charge in [-0.2, -0.15) is 0 Å². The van der Waals surface area contributed by atoms with Crippen molar-refractivity contribution in [1.29, 1.82) is 0 Å². The maximum absolute atomic E-state index is 6.36. The van der Waals surface area contributed by atoms with Gasteiger partial charge in [0.15, 0.2) is 5.82 Å². The van der Waals surface area contributed by atoms with Crippen LogP contribution in [-0.2, 0) is 5.41 Å². The van der Waals surface area contributed by atoms with Crippen LogP contribution < -0.4 is 0 Å². The fraction of sp³-hybridized carbons (Fsp3) is 0.107. The van der Waals surface area contributed by atoms with E-state index in [2.05, 4.69) is 172 Å². The van der Waals surface area contributed by atoms with Crippen LogP contribution in [-0.4, -0.2) is 9.97 Å². The molecular weight excluding hydrogens is 733 g/mol. The van der Waals surface area contributed by atoms with Gasteiger partial charge >= 0.3 is 0 Å². The van der Waals surface area contributed by atoms with Crippen LogP contribution in [0.2, 0.25) is 0 Å². The van der Waals surface area contributed by atoms with Crippen LogP contribution in [0.3, 0.4) is 0 Å². The smallest absolute Gasteiger partial charge is 0.160 e. The number of hydrogen-bond acceptors (Lipinski definition) is 4. The van der Waals surface area contributed by atoms with Gasteiger partial charge in [0, 0.05) is 49.7 Å². The molecule has 3 aromatic heterocycles. The van der Waals surface area contributed by atoms with Crippen molar-refractivity contribution in [2.45, 2.75) is 38.0 Å². The molecule has 3 heterocycles. The molecule has 10 aromatic rings.